The van der Waals surface area contributed by atoms with Gasteiger partial charge in [-0.2, -0.15) is 31.4 Å². The topological polar surface area (TPSA) is 43.6 Å². The van der Waals surface area contributed by atoms with Crippen molar-refractivity contribution in [2.45, 2.75) is 19.3 Å². The minimum Gasteiger partial charge on any atom is -0.255 e. The summed E-state index contributed by atoms with van der Waals surface area (Å²) in [6.45, 7) is 1.32. The van der Waals surface area contributed by atoms with Crippen LogP contribution in [0.1, 0.15) is 16.8 Å². The van der Waals surface area contributed by atoms with Crippen LogP contribution in [0, 0.1) is 6.92 Å². The minimum absolute atomic E-state index is 0.0594. The number of halogens is 7. The molecule has 0 aliphatic carbocycles. The third kappa shape index (κ3) is 3.83. The Labute approximate surface area is 176 Å². The summed E-state index contributed by atoms with van der Waals surface area (Å²) >= 11 is 6.09. The summed E-state index contributed by atoms with van der Waals surface area (Å²) in [4.78, 5) is 8.27. The SMILES string of the molecule is Cc1nn(-c2cc(C(F)(F)F)ccc2Cl)c2nc(-c3ccccn3)cc(C(F)(F)F)c12. The molecule has 0 aliphatic heterocycles. The van der Waals surface area contributed by atoms with E-state index in [2.05, 4.69) is 15.1 Å². The first-order valence-electron chi connectivity index (χ1n) is 8.73. The van der Waals surface area contributed by atoms with Crippen LogP contribution in [0.15, 0.2) is 48.7 Å². The molecule has 0 bridgehead atoms. The van der Waals surface area contributed by atoms with Gasteiger partial charge in [-0.05, 0) is 43.3 Å². The lowest BCUT2D eigenvalue weighted by molar-refractivity contribution is -0.138. The minimum atomic E-state index is -4.76. The van der Waals surface area contributed by atoms with E-state index in [0.717, 1.165) is 28.9 Å². The van der Waals surface area contributed by atoms with Crippen molar-refractivity contribution in [3.63, 3.8) is 0 Å². The smallest absolute Gasteiger partial charge is 0.255 e. The third-order valence-electron chi connectivity index (χ3n) is 4.55. The second-order valence-corrected chi connectivity index (χ2v) is 7.03. The molecule has 4 aromatic rings. The standard InChI is InChI=1S/C20H11ClF6N4/c1-10-17-12(20(25,26)27)9-15(14-4-2-3-7-28-14)29-18(17)31(30-10)16-8-11(19(22,23)24)5-6-13(16)21/h2-9H,1H3. The van der Waals surface area contributed by atoms with Crippen LogP contribution in [-0.2, 0) is 12.4 Å². The first kappa shape index (κ1) is 21.1. The highest BCUT2D eigenvalue weighted by Crippen LogP contribution is 2.40. The van der Waals surface area contributed by atoms with Gasteiger partial charge in [-0.15, -0.1) is 0 Å². The molecular formula is C20H11ClF6N4. The zero-order valence-electron chi connectivity index (χ0n) is 15.6. The number of fused-ring (bicyclic) bond motifs is 1. The fourth-order valence-corrected chi connectivity index (χ4v) is 3.37. The van der Waals surface area contributed by atoms with Gasteiger partial charge in [0, 0.05) is 6.20 Å². The molecule has 0 atom stereocenters. The summed E-state index contributed by atoms with van der Waals surface area (Å²) in [7, 11) is 0. The van der Waals surface area contributed by atoms with Gasteiger partial charge in [-0.3, -0.25) is 4.98 Å². The largest absolute Gasteiger partial charge is 0.417 e. The van der Waals surface area contributed by atoms with Gasteiger partial charge in [0.15, 0.2) is 5.65 Å². The molecule has 0 unspecified atom stereocenters. The highest BCUT2D eigenvalue weighted by molar-refractivity contribution is 6.32. The Morgan fingerprint density at radius 2 is 1.65 bits per heavy atom. The Bertz CT molecular complexity index is 1280. The average Bonchev–Trinajstić information content (AvgIpc) is 3.03. The molecule has 4 nitrogen and oxygen atoms in total. The van der Waals surface area contributed by atoms with E-state index < -0.39 is 23.5 Å². The van der Waals surface area contributed by atoms with Crippen molar-refractivity contribution in [3.05, 3.63) is 70.5 Å². The molecule has 11 heteroatoms. The molecule has 0 spiro atoms. The highest BCUT2D eigenvalue weighted by atomic mass is 35.5. The summed E-state index contributed by atoms with van der Waals surface area (Å²) < 4.78 is 82.0. The molecule has 31 heavy (non-hydrogen) atoms. The maximum Gasteiger partial charge on any atom is 0.417 e. The van der Waals surface area contributed by atoms with Crippen molar-refractivity contribution < 1.29 is 26.3 Å². The van der Waals surface area contributed by atoms with E-state index in [-0.39, 0.29) is 38.8 Å². The number of hydrogen-bond donors (Lipinski definition) is 0. The summed E-state index contributed by atoms with van der Waals surface area (Å²) in [5, 5.41) is 3.57. The monoisotopic (exact) mass is 456 g/mol. The lowest BCUT2D eigenvalue weighted by Gasteiger charge is -2.13. The van der Waals surface area contributed by atoms with Gasteiger partial charge in [0.2, 0.25) is 0 Å². The molecule has 0 amide bonds. The Morgan fingerprint density at radius 1 is 0.903 bits per heavy atom. The highest BCUT2D eigenvalue weighted by Gasteiger charge is 2.36. The second-order valence-electron chi connectivity index (χ2n) is 6.63. The van der Waals surface area contributed by atoms with Crippen molar-refractivity contribution in [2.24, 2.45) is 0 Å². The predicted octanol–water partition coefficient (Wildman–Crippen LogP) is 6.48. The van der Waals surface area contributed by atoms with E-state index >= 15 is 0 Å². The Morgan fingerprint density at radius 3 is 2.26 bits per heavy atom. The second kappa shape index (κ2) is 7.23. The molecular weight excluding hydrogens is 446 g/mol. The molecule has 1 aromatic carbocycles. The molecule has 0 saturated carbocycles. The van der Waals surface area contributed by atoms with Crippen LogP contribution >= 0.6 is 11.6 Å². The maximum absolute atomic E-state index is 13.8. The molecule has 0 N–H and O–H groups in total. The van der Waals surface area contributed by atoms with Gasteiger partial charge in [-0.1, -0.05) is 17.7 Å². The molecule has 0 aliphatic rings. The summed E-state index contributed by atoms with van der Waals surface area (Å²) in [5.41, 5.74) is -2.58. The number of alkyl halides is 6. The number of aromatic nitrogens is 4. The van der Waals surface area contributed by atoms with Crippen LogP contribution in [-0.4, -0.2) is 19.7 Å². The van der Waals surface area contributed by atoms with E-state index in [0.29, 0.717) is 0 Å². The van der Waals surface area contributed by atoms with Crippen LogP contribution in [0.2, 0.25) is 5.02 Å². The lowest BCUT2D eigenvalue weighted by Crippen LogP contribution is -2.09. The van der Waals surface area contributed by atoms with Crippen molar-refractivity contribution in [1.29, 1.82) is 0 Å². The first-order chi connectivity index (χ1) is 14.5. The van der Waals surface area contributed by atoms with Crippen molar-refractivity contribution in [2.75, 3.05) is 0 Å². The van der Waals surface area contributed by atoms with Gasteiger partial charge in [0.25, 0.3) is 0 Å². The van der Waals surface area contributed by atoms with Crippen molar-refractivity contribution in [3.8, 4) is 17.1 Å². The number of rotatable bonds is 2. The third-order valence-corrected chi connectivity index (χ3v) is 4.87. The van der Waals surface area contributed by atoms with Crippen molar-refractivity contribution in [1.82, 2.24) is 19.7 Å². The van der Waals surface area contributed by atoms with Crippen LogP contribution < -0.4 is 0 Å². The van der Waals surface area contributed by atoms with Gasteiger partial charge < -0.3 is 0 Å². The predicted molar refractivity (Wildman–Crippen MR) is 102 cm³/mol. The van der Waals surface area contributed by atoms with E-state index in [4.69, 9.17) is 11.6 Å². The Hall–Kier alpha value is -3.14. The van der Waals surface area contributed by atoms with Gasteiger partial charge in [0.1, 0.15) is 0 Å². The summed E-state index contributed by atoms with van der Waals surface area (Å²) in [5.74, 6) is 0. The van der Waals surface area contributed by atoms with E-state index in [9.17, 15) is 26.3 Å². The molecule has 3 aromatic heterocycles. The maximum atomic E-state index is 13.8. The normalized spacial score (nSPS) is 12.5. The number of aryl methyl sites for hydroxylation is 1. The Kier molecular flexibility index (Phi) is 4.92. The zero-order chi connectivity index (χ0) is 22.6. The van der Waals surface area contributed by atoms with Crippen LogP contribution in [0.5, 0.6) is 0 Å². The van der Waals surface area contributed by atoms with Crippen LogP contribution in [0.25, 0.3) is 28.1 Å². The van der Waals surface area contributed by atoms with Gasteiger partial charge in [0.05, 0.1) is 44.3 Å². The summed E-state index contributed by atoms with van der Waals surface area (Å²) in [6.07, 6.45) is -8.05. The summed E-state index contributed by atoms with van der Waals surface area (Å²) in [6, 6.07) is 7.98. The molecule has 0 fully saturated rings. The zero-order valence-corrected chi connectivity index (χ0v) is 16.3. The molecule has 3 heterocycles. The average molecular weight is 457 g/mol. The molecule has 160 valence electrons. The Balaban J connectivity index is 2.07. The number of benzene rings is 1. The fourth-order valence-electron chi connectivity index (χ4n) is 3.18. The van der Waals surface area contributed by atoms with E-state index in [1.165, 1.54) is 19.2 Å². The first-order valence-corrected chi connectivity index (χ1v) is 9.10. The van der Waals surface area contributed by atoms with Gasteiger partial charge in [-0.25, -0.2) is 9.67 Å². The lowest BCUT2D eigenvalue weighted by atomic mass is 10.1. The number of hydrogen-bond acceptors (Lipinski definition) is 3. The fraction of sp³-hybridized carbons (Fsp3) is 0.150. The van der Waals surface area contributed by atoms with E-state index in [1.807, 2.05) is 0 Å². The number of pyridine rings is 2. The van der Waals surface area contributed by atoms with Gasteiger partial charge >= 0.3 is 12.4 Å². The molecule has 0 saturated heterocycles. The quantitative estimate of drug-likeness (QED) is 0.324. The molecule has 4 rings (SSSR count). The van der Waals surface area contributed by atoms with E-state index in [1.54, 1.807) is 12.1 Å². The number of nitrogens with zero attached hydrogens (tertiary/aromatic N) is 4. The van der Waals surface area contributed by atoms with Crippen LogP contribution in [0.4, 0.5) is 26.3 Å². The van der Waals surface area contributed by atoms with Crippen LogP contribution in [0.3, 0.4) is 0 Å². The van der Waals surface area contributed by atoms with Crippen molar-refractivity contribution >= 4 is 22.6 Å². The molecule has 0 radical (unpaired) electrons.